The third-order valence-corrected chi connectivity index (χ3v) is 15.9. The summed E-state index contributed by atoms with van der Waals surface area (Å²) in [5, 5.41) is 0. The molecule has 1 aromatic heterocycles. The van der Waals surface area contributed by atoms with E-state index in [4.69, 9.17) is 65.0 Å². The summed E-state index contributed by atoms with van der Waals surface area (Å²) in [7, 11) is -6.94. The largest absolute Gasteiger partial charge is 0.451 e. The van der Waals surface area contributed by atoms with Gasteiger partial charge in [0, 0.05) is 17.1 Å². The number of nitrogens with zero attached hydrogens (tertiary/aromatic N) is 4. The number of hydrogen-bond acceptors (Lipinski definition) is 13. The molecule has 0 saturated carbocycles. The first kappa shape index (κ1) is 44.9. The molecule has 0 amide bonds. The maximum Gasteiger partial charge on any atom is 0.321 e. The number of anilines is 4. The number of para-hydroxylation sites is 4. The first-order chi connectivity index (χ1) is 33.3. The molecule has 16 nitrogen and oxygen atoms in total. The van der Waals surface area contributed by atoms with Crippen LogP contribution in [0.3, 0.4) is 0 Å². The van der Waals surface area contributed by atoms with E-state index in [0.717, 1.165) is 0 Å². The van der Waals surface area contributed by atoms with Crippen molar-refractivity contribution in [2.24, 2.45) is 0 Å². The Bertz CT molecular complexity index is 3160. The average molecular weight is 983 g/mol. The molecule has 8 aromatic carbocycles. The Labute approximate surface area is 395 Å². The summed E-state index contributed by atoms with van der Waals surface area (Å²) in [4.78, 5) is 20.5. The SMILES string of the molecule is Nc1ccc(On2p(Oc3ccc(N)c(Oc4ccccc4)c3Oc3ccccc3)npn(Oc3ccccc3)p(Oc3ccccc3)n(Oc3ccc(N)cc3)p2Oc2ccc(N)cc2)cc1. The standard InChI is InChI=1S/C48H42N8O8P4/c49-35-21-27-41(28-22-35)60-55-66(64-46-34-33-45(52)47(57-38-13-5-1-6-14-38)48(46)58-39-15-7-2-8-16-39)53-65-54(59-40-17-9-3-10-18-40)67(62-43-19-11-4-12-20-43)56(61-42-29-23-36(50)24-30-42)68(55)63-44-31-25-37(51)26-32-44/h1-34H,49-52H2. The number of nitrogens with two attached hydrogens (primary N) is 4. The lowest BCUT2D eigenvalue weighted by molar-refractivity contribution is 0.219. The van der Waals surface area contributed by atoms with Gasteiger partial charge in [0.05, 0.1) is 5.69 Å². The zero-order valence-corrected chi connectivity index (χ0v) is 39.4. The van der Waals surface area contributed by atoms with Crippen molar-refractivity contribution in [3.05, 3.63) is 206 Å². The maximum atomic E-state index is 7.10. The maximum absolute atomic E-state index is 7.10. The number of aromatic nitrogens is 4. The second-order valence-electron chi connectivity index (χ2n) is 14.2. The quantitative estimate of drug-likeness (QED) is 0.0666. The van der Waals surface area contributed by atoms with Crippen molar-refractivity contribution in [1.82, 2.24) is 17.3 Å². The first-order valence-corrected chi connectivity index (χ1v) is 25.0. The van der Waals surface area contributed by atoms with E-state index in [1.54, 1.807) is 106 Å². The van der Waals surface area contributed by atoms with Crippen LogP contribution in [0.25, 0.3) is 0 Å². The molecule has 342 valence electrons. The molecule has 0 aliphatic heterocycles. The van der Waals surface area contributed by atoms with Gasteiger partial charge >= 0.3 is 24.2 Å². The summed E-state index contributed by atoms with van der Waals surface area (Å²) < 4.78 is 43.9. The topological polar surface area (TPSA) is 206 Å². The number of rotatable bonds is 16. The molecule has 20 heteroatoms. The molecule has 0 fully saturated rings. The summed E-state index contributed by atoms with van der Waals surface area (Å²) in [6.45, 7) is 0. The van der Waals surface area contributed by atoms with Crippen LogP contribution in [-0.4, -0.2) is 17.3 Å². The van der Waals surface area contributed by atoms with Crippen molar-refractivity contribution in [2.45, 2.75) is 0 Å². The van der Waals surface area contributed by atoms with E-state index < -0.39 is 24.2 Å². The van der Waals surface area contributed by atoms with Crippen LogP contribution in [0.1, 0.15) is 0 Å². The fraction of sp³-hybridized carbons (Fsp3) is 0. The van der Waals surface area contributed by atoms with Crippen LogP contribution < -0.4 is 60.5 Å². The Morgan fingerprint density at radius 1 is 0.368 bits per heavy atom. The van der Waals surface area contributed by atoms with Crippen molar-refractivity contribution in [1.29, 1.82) is 0 Å². The van der Waals surface area contributed by atoms with Crippen LogP contribution in [-0.2, 0) is 0 Å². The van der Waals surface area contributed by atoms with Gasteiger partial charge in [-0.15, -0.1) is 4.51 Å². The van der Waals surface area contributed by atoms with E-state index in [-0.39, 0.29) is 31.4 Å². The highest BCUT2D eigenvalue weighted by atomic mass is 31.2. The number of hydrogen-bond donors (Lipinski definition) is 4. The molecule has 0 aliphatic rings. The van der Waals surface area contributed by atoms with Crippen LogP contribution >= 0.6 is 32.7 Å². The molecule has 68 heavy (non-hydrogen) atoms. The van der Waals surface area contributed by atoms with E-state index >= 15 is 0 Å². The first-order valence-electron chi connectivity index (χ1n) is 20.7. The molecule has 0 radical (unpaired) electrons. The van der Waals surface area contributed by atoms with Gasteiger partial charge in [0.15, 0.2) is 37.3 Å². The second-order valence-corrected chi connectivity index (χ2v) is 20.3. The average Bonchev–Trinajstić information content (AvgIpc) is 3.37. The summed E-state index contributed by atoms with van der Waals surface area (Å²) in [5.41, 5.74) is 27.1. The molecule has 0 saturated heterocycles. The molecule has 8 N–H and O–H groups in total. The molecular formula is C48H42N8O8P4. The van der Waals surface area contributed by atoms with Gasteiger partial charge in [0.2, 0.25) is 5.75 Å². The van der Waals surface area contributed by atoms with E-state index in [2.05, 4.69) is 0 Å². The number of benzene rings is 8. The third kappa shape index (κ3) is 11.4. The summed E-state index contributed by atoms with van der Waals surface area (Å²) in [6.07, 6.45) is 0. The van der Waals surface area contributed by atoms with Gasteiger partial charge in [-0.25, -0.2) is 0 Å². The lowest BCUT2D eigenvalue weighted by atomic mass is 10.2. The van der Waals surface area contributed by atoms with Crippen molar-refractivity contribution in [2.75, 3.05) is 22.9 Å². The lowest BCUT2D eigenvalue weighted by Crippen LogP contribution is -2.17. The van der Waals surface area contributed by atoms with Gasteiger partial charge in [-0.2, -0.15) is 0 Å². The minimum Gasteiger partial charge on any atom is -0.451 e. The Morgan fingerprint density at radius 3 is 1.31 bits per heavy atom. The summed E-state index contributed by atoms with van der Waals surface area (Å²) in [5.74, 6) is 3.65. The molecule has 9 rings (SSSR count). The smallest absolute Gasteiger partial charge is 0.321 e. The summed E-state index contributed by atoms with van der Waals surface area (Å²) >= 11 is 0. The molecule has 1 heterocycles. The Morgan fingerprint density at radius 2 is 0.779 bits per heavy atom. The zero-order chi connectivity index (χ0) is 46.7. The van der Waals surface area contributed by atoms with Crippen LogP contribution in [0, 0.1) is 0 Å². The van der Waals surface area contributed by atoms with E-state index in [1.165, 1.54) is 4.26 Å². The number of ether oxygens (including phenoxy) is 2. The zero-order valence-electron chi connectivity index (χ0n) is 35.8. The number of nitrogen functional groups attached to an aromatic ring is 4. The highest BCUT2D eigenvalue weighted by Crippen LogP contribution is 2.51. The van der Waals surface area contributed by atoms with Gasteiger partial charge in [0.1, 0.15) is 23.0 Å². The molecule has 0 spiro atoms. The predicted octanol–water partition coefficient (Wildman–Crippen LogP) is 13.2. The summed E-state index contributed by atoms with van der Waals surface area (Å²) in [6, 6.07) is 60.9. The van der Waals surface area contributed by atoms with Gasteiger partial charge in [-0.05, 0) is 142 Å². The fourth-order valence-corrected chi connectivity index (χ4v) is 13.2. The van der Waals surface area contributed by atoms with E-state index in [0.29, 0.717) is 57.3 Å². The minimum absolute atomic E-state index is 0.162. The minimum atomic E-state index is -2.46. The molecule has 9 aromatic rings. The molecule has 3 atom stereocenters. The van der Waals surface area contributed by atoms with Gasteiger partial charge < -0.3 is 60.5 Å². The third-order valence-electron chi connectivity index (χ3n) is 9.20. The van der Waals surface area contributed by atoms with Gasteiger partial charge in [0.25, 0.3) is 0 Å². The molecule has 0 aliphatic carbocycles. The van der Waals surface area contributed by atoms with Gasteiger partial charge in [-0.3, -0.25) is 0 Å². The monoisotopic (exact) mass is 982 g/mol. The predicted molar refractivity (Wildman–Crippen MR) is 270 cm³/mol. The van der Waals surface area contributed by atoms with Crippen molar-refractivity contribution in [3.63, 3.8) is 0 Å². The highest BCUT2D eigenvalue weighted by Gasteiger charge is 2.27. The van der Waals surface area contributed by atoms with Crippen LogP contribution in [0.5, 0.6) is 57.5 Å². The Kier molecular flexibility index (Phi) is 14.1. The normalized spacial score (nSPS) is 11.5. The highest BCUT2D eigenvalue weighted by molar-refractivity contribution is 7.57. The second kappa shape index (κ2) is 21.4. The van der Waals surface area contributed by atoms with Crippen molar-refractivity contribution in [3.8, 4) is 57.5 Å². The lowest BCUT2D eigenvalue weighted by Gasteiger charge is -2.24. The Hall–Kier alpha value is -8.24. The van der Waals surface area contributed by atoms with Crippen LogP contribution in [0.4, 0.5) is 22.7 Å². The van der Waals surface area contributed by atoms with Crippen molar-refractivity contribution < 1.29 is 37.6 Å². The van der Waals surface area contributed by atoms with Crippen molar-refractivity contribution >= 4 is 55.5 Å². The molecular weight excluding hydrogens is 940 g/mol. The van der Waals surface area contributed by atoms with E-state index in [1.807, 2.05) is 109 Å². The molecule has 0 bridgehead atoms. The molecule has 3 unspecified atom stereocenters. The van der Waals surface area contributed by atoms with Gasteiger partial charge in [-0.1, -0.05) is 77.1 Å². The Balaban J connectivity index is 1.37. The van der Waals surface area contributed by atoms with E-state index in [9.17, 15) is 0 Å². The van der Waals surface area contributed by atoms with Crippen LogP contribution in [0.2, 0.25) is 0 Å². The fourth-order valence-electron chi connectivity index (χ4n) is 5.94. The van der Waals surface area contributed by atoms with Crippen LogP contribution in [0.15, 0.2) is 206 Å².